The molecule has 3 rings (SSSR count). The van der Waals surface area contributed by atoms with Gasteiger partial charge in [-0.1, -0.05) is 12.1 Å². The predicted molar refractivity (Wildman–Crippen MR) is 86.2 cm³/mol. The number of anilines is 2. The van der Waals surface area contributed by atoms with Gasteiger partial charge in [-0.25, -0.2) is 9.97 Å². The number of aromatic nitrogens is 2. The third-order valence-electron chi connectivity index (χ3n) is 3.32. The molecule has 7 heteroatoms. The van der Waals surface area contributed by atoms with Gasteiger partial charge in [-0.3, -0.25) is 4.79 Å². The molecule has 0 spiro atoms. The first-order valence-electron chi connectivity index (χ1n) is 6.94. The molecule has 1 fully saturated rings. The van der Waals surface area contributed by atoms with Crippen LogP contribution in [0.1, 0.15) is 10.4 Å². The summed E-state index contributed by atoms with van der Waals surface area (Å²) in [5.74, 6) is 0.390. The van der Waals surface area contributed by atoms with Crippen molar-refractivity contribution in [3.63, 3.8) is 0 Å². The van der Waals surface area contributed by atoms with Crippen molar-refractivity contribution in [1.82, 2.24) is 14.9 Å². The maximum Gasteiger partial charge on any atom is 0.257 e. The number of morpholine rings is 1. The lowest BCUT2D eigenvalue weighted by Crippen LogP contribution is -2.40. The van der Waals surface area contributed by atoms with Gasteiger partial charge < -0.3 is 15.0 Å². The van der Waals surface area contributed by atoms with Crippen molar-refractivity contribution >= 4 is 33.5 Å². The number of ether oxygens (including phenoxy) is 1. The van der Waals surface area contributed by atoms with E-state index >= 15 is 0 Å². The third-order valence-corrected chi connectivity index (χ3v) is 4.01. The number of hydrogen-bond acceptors (Lipinski definition) is 5. The Kier molecular flexibility index (Phi) is 4.65. The van der Waals surface area contributed by atoms with Crippen LogP contribution in [0.25, 0.3) is 0 Å². The summed E-state index contributed by atoms with van der Waals surface area (Å²) in [6, 6.07) is 7.70. The second-order valence-electron chi connectivity index (χ2n) is 4.80. The molecule has 0 radical (unpaired) electrons. The van der Waals surface area contributed by atoms with Crippen LogP contribution < -0.4 is 5.32 Å². The summed E-state index contributed by atoms with van der Waals surface area (Å²) < 4.78 is 6.17. The van der Waals surface area contributed by atoms with Crippen LogP contribution in [0.3, 0.4) is 0 Å². The fourth-order valence-corrected chi connectivity index (χ4v) is 2.52. The minimum atomic E-state index is -0.0595. The molecule has 2 heterocycles. The average Bonchev–Trinajstić information content (AvgIpc) is 2.58. The summed E-state index contributed by atoms with van der Waals surface area (Å²) in [7, 11) is 0. The molecule has 2 aromatic rings. The molecule has 0 saturated carbocycles. The van der Waals surface area contributed by atoms with Gasteiger partial charge in [0.05, 0.1) is 24.5 Å². The van der Waals surface area contributed by atoms with Crippen molar-refractivity contribution in [1.29, 1.82) is 0 Å². The summed E-state index contributed by atoms with van der Waals surface area (Å²) in [6.45, 7) is 2.37. The molecule has 0 atom stereocenters. The van der Waals surface area contributed by atoms with E-state index in [2.05, 4.69) is 31.2 Å². The number of amides is 1. The van der Waals surface area contributed by atoms with Crippen LogP contribution in [0.2, 0.25) is 0 Å². The average molecular weight is 363 g/mol. The molecule has 1 saturated heterocycles. The lowest BCUT2D eigenvalue weighted by Gasteiger charge is -2.26. The zero-order chi connectivity index (χ0) is 15.4. The lowest BCUT2D eigenvalue weighted by atomic mass is 10.3. The largest absolute Gasteiger partial charge is 0.378 e. The van der Waals surface area contributed by atoms with Crippen LogP contribution in [0, 0.1) is 0 Å². The number of hydrogen-bond donors (Lipinski definition) is 1. The van der Waals surface area contributed by atoms with Gasteiger partial charge >= 0.3 is 0 Å². The summed E-state index contributed by atoms with van der Waals surface area (Å²) >= 11 is 3.45. The molecule has 0 bridgehead atoms. The van der Waals surface area contributed by atoms with Gasteiger partial charge in [0.25, 0.3) is 5.91 Å². The van der Waals surface area contributed by atoms with Gasteiger partial charge in [0.2, 0.25) is 5.95 Å². The minimum Gasteiger partial charge on any atom is -0.378 e. The van der Waals surface area contributed by atoms with E-state index in [1.165, 1.54) is 0 Å². The second-order valence-corrected chi connectivity index (χ2v) is 5.66. The van der Waals surface area contributed by atoms with Crippen molar-refractivity contribution in [3.8, 4) is 0 Å². The smallest absolute Gasteiger partial charge is 0.257 e. The zero-order valence-corrected chi connectivity index (χ0v) is 13.4. The maximum absolute atomic E-state index is 12.3. The molecule has 1 N–H and O–H groups in total. The lowest BCUT2D eigenvalue weighted by molar-refractivity contribution is 0.0302. The van der Waals surface area contributed by atoms with Gasteiger partial charge in [0.15, 0.2) is 0 Å². The minimum absolute atomic E-state index is 0.0595. The van der Waals surface area contributed by atoms with Gasteiger partial charge in [-0.05, 0) is 28.1 Å². The highest BCUT2D eigenvalue weighted by Crippen LogP contribution is 2.23. The van der Waals surface area contributed by atoms with Gasteiger partial charge in [0, 0.05) is 30.0 Å². The maximum atomic E-state index is 12.3. The fraction of sp³-hybridized carbons (Fsp3) is 0.267. The van der Waals surface area contributed by atoms with Crippen LogP contribution in [-0.4, -0.2) is 47.1 Å². The summed E-state index contributed by atoms with van der Waals surface area (Å²) in [4.78, 5) is 22.5. The number of halogens is 1. The normalized spacial score (nSPS) is 14.7. The first-order chi connectivity index (χ1) is 10.7. The van der Waals surface area contributed by atoms with Crippen molar-refractivity contribution in [2.75, 3.05) is 31.6 Å². The highest BCUT2D eigenvalue weighted by molar-refractivity contribution is 9.10. The standard InChI is InChI=1S/C15H15BrN4O2/c16-12-3-1-2-4-13(12)19-15-17-9-11(10-18-15)14(21)20-5-7-22-8-6-20/h1-4,9-10H,5-8H2,(H,17,18,19). The molecule has 1 aliphatic heterocycles. The SMILES string of the molecule is O=C(c1cnc(Nc2ccccc2Br)nc1)N1CCOCC1. The van der Waals surface area contributed by atoms with E-state index in [-0.39, 0.29) is 5.91 Å². The molecule has 6 nitrogen and oxygen atoms in total. The van der Waals surface area contributed by atoms with E-state index in [1.807, 2.05) is 24.3 Å². The number of nitrogens with zero attached hydrogens (tertiary/aromatic N) is 3. The number of para-hydroxylation sites is 1. The van der Waals surface area contributed by atoms with Crippen LogP contribution in [-0.2, 0) is 4.74 Å². The molecular weight excluding hydrogens is 348 g/mol. The van der Waals surface area contributed by atoms with E-state index in [0.29, 0.717) is 37.8 Å². The highest BCUT2D eigenvalue weighted by Gasteiger charge is 2.19. The van der Waals surface area contributed by atoms with Crippen LogP contribution in [0.15, 0.2) is 41.1 Å². The van der Waals surface area contributed by atoms with Crippen molar-refractivity contribution in [3.05, 3.63) is 46.7 Å². The monoisotopic (exact) mass is 362 g/mol. The van der Waals surface area contributed by atoms with E-state index in [1.54, 1.807) is 17.3 Å². The summed E-state index contributed by atoms with van der Waals surface area (Å²) in [5, 5.41) is 3.10. The number of carbonyl (C=O) groups is 1. The molecule has 1 amide bonds. The van der Waals surface area contributed by atoms with Crippen molar-refractivity contribution in [2.45, 2.75) is 0 Å². The van der Waals surface area contributed by atoms with Crippen LogP contribution >= 0.6 is 15.9 Å². The van der Waals surface area contributed by atoms with Gasteiger partial charge in [-0.2, -0.15) is 0 Å². The first kappa shape index (κ1) is 14.9. The molecule has 0 aliphatic carbocycles. The van der Waals surface area contributed by atoms with Crippen LogP contribution in [0.5, 0.6) is 0 Å². The van der Waals surface area contributed by atoms with E-state index < -0.39 is 0 Å². The Morgan fingerprint density at radius 2 is 1.86 bits per heavy atom. The highest BCUT2D eigenvalue weighted by atomic mass is 79.9. The summed E-state index contributed by atoms with van der Waals surface area (Å²) in [5.41, 5.74) is 1.36. The Morgan fingerprint density at radius 1 is 1.18 bits per heavy atom. The molecule has 1 aromatic carbocycles. The van der Waals surface area contributed by atoms with Gasteiger partial charge in [-0.15, -0.1) is 0 Å². The Hall–Kier alpha value is -1.99. The first-order valence-corrected chi connectivity index (χ1v) is 7.74. The van der Waals surface area contributed by atoms with Crippen molar-refractivity contribution < 1.29 is 9.53 Å². The number of rotatable bonds is 3. The topological polar surface area (TPSA) is 67.4 Å². The Bertz CT molecular complexity index is 657. The molecule has 114 valence electrons. The van der Waals surface area contributed by atoms with Crippen LogP contribution in [0.4, 0.5) is 11.6 Å². The number of nitrogens with one attached hydrogen (secondary N) is 1. The Morgan fingerprint density at radius 3 is 2.55 bits per heavy atom. The molecule has 22 heavy (non-hydrogen) atoms. The quantitative estimate of drug-likeness (QED) is 0.908. The predicted octanol–water partition coefficient (Wildman–Crippen LogP) is 2.46. The molecule has 1 aromatic heterocycles. The second kappa shape index (κ2) is 6.85. The van der Waals surface area contributed by atoms with E-state index in [4.69, 9.17) is 4.74 Å². The number of carbonyl (C=O) groups excluding carboxylic acids is 1. The number of benzene rings is 1. The summed E-state index contributed by atoms with van der Waals surface area (Å²) in [6.07, 6.45) is 3.09. The van der Waals surface area contributed by atoms with E-state index in [0.717, 1.165) is 10.2 Å². The molecule has 0 unspecified atom stereocenters. The Labute approximate surface area is 136 Å². The molecule has 1 aliphatic rings. The Balaban J connectivity index is 1.70. The third kappa shape index (κ3) is 3.42. The fourth-order valence-electron chi connectivity index (χ4n) is 2.14. The molecular formula is C15H15BrN4O2. The van der Waals surface area contributed by atoms with Gasteiger partial charge in [0.1, 0.15) is 0 Å². The zero-order valence-electron chi connectivity index (χ0n) is 11.8. The van der Waals surface area contributed by atoms with E-state index in [9.17, 15) is 4.79 Å². The van der Waals surface area contributed by atoms with Crippen molar-refractivity contribution in [2.24, 2.45) is 0 Å².